The Morgan fingerprint density at radius 1 is 1.42 bits per heavy atom. The van der Waals surface area contributed by atoms with Crippen molar-refractivity contribution < 1.29 is 14.3 Å². The predicted octanol–water partition coefficient (Wildman–Crippen LogP) is 2.09. The van der Waals surface area contributed by atoms with Gasteiger partial charge in [0.05, 0.1) is 12.5 Å². The first-order chi connectivity index (χ1) is 9.20. The second-order valence-corrected chi connectivity index (χ2v) is 4.78. The number of carbonyl (C=O) groups is 1. The molecule has 0 spiro atoms. The third-order valence-corrected chi connectivity index (χ3v) is 3.34. The molecule has 1 saturated heterocycles. The number of hydrogen-bond donors (Lipinski definition) is 1. The molecule has 19 heavy (non-hydrogen) atoms. The van der Waals surface area contributed by atoms with Gasteiger partial charge in [0.25, 0.3) is 0 Å². The molecule has 0 amide bonds. The van der Waals surface area contributed by atoms with Crippen LogP contribution in [0.1, 0.15) is 31.7 Å². The van der Waals surface area contributed by atoms with Crippen LogP contribution in [0.3, 0.4) is 0 Å². The Balaban J connectivity index is 1.95. The van der Waals surface area contributed by atoms with Crippen molar-refractivity contribution in [3.05, 3.63) is 29.8 Å². The molecule has 1 heterocycles. The Morgan fingerprint density at radius 3 is 2.74 bits per heavy atom. The van der Waals surface area contributed by atoms with Gasteiger partial charge in [0.1, 0.15) is 11.9 Å². The minimum Gasteiger partial charge on any atom is -0.489 e. The van der Waals surface area contributed by atoms with Crippen LogP contribution in [0, 0.1) is 0 Å². The number of hydrogen-bond acceptors (Lipinski definition) is 4. The third-order valence-electron chi connectivity index (χ3n) is 3.34. The van der Waals surface area contributed by atoms with Crippen molar-refractivity contribution in [2.45, 2.75) is 32.3 Å². The van der Waals surface area contributed by atoms with E-state index >= 15 is 0 Å². The van der Waals surface area contributed by atoms with Crippen molar-refractivity contribution in [2.24, 2.45) is 0 Å². The van der Waals surface area contributed by atoms with Gasteiger partial charge in [-0.05, 0) is 44.5 Å². The van der Waals surface area contributed by atoms with Crippen LogP contribution >= 0.6 is 0 Å². The average Bonchev–Trinajstić information content (AvgIpc) is 2.92. The smallest absolute Gasteiger partial charge is 0.313 e. The largest absolute Gasteiger partial charge is 0.489 e. The molecule has 2 atom stereocenters. The molecule has 1 aliphatic heterocycles. The van der Waals surface area contributed by atoms with Gasteiger partial charge >= 0.3 is 5.97 Å². The zero-order valence-electron chi connectivity index (χ0n) is 11.5. The molecule has 104 valence electrons. The zero-order chi connectivity index (χ0) is 13.7. The van der Waals surface area contributed by atoms with Crippen LogP contribution in [0.4, 0.5) is 0 Å². The van der Waals surface area contributed by atoms with Crippen molar-refractivity contribution in [3.63, 3.8) is 0 Å². The van der Waals surface area contributed by atoms with E-state index in [4.69, 9.17) is 9.47 Å². The van der Waals surface area contributed by atoms with Gasteiger partial charge in [0.15, 0.2) is 0 Å². The van der Waals surface area contributed by atoms with Gasteiger partial charge in [0, 0.05) is 6.54 Å². The summed E-state index contributed by atoms with van der Waals surface area (Å²) in [5.74, 6) is 0.437. The fourth-order valence-electron chi connectivity index (χ4n) is 2.16. The monoisotopic (exact) mass is 263 g/mol. The first-order valence-electron chi connectivity index (χ1n) is 6.84. The van der Waals surface area contributed by atoms with Gasteiger partial charge < -0.3 is 14.8 Å². The van der Waals surface area contributed by atoms with E-state index in [1.807, 2.05) is 38.1 Å². The summed E-state index contributed by atoms with van der Waals surface area (Å²) in [5, 5.41) is 3.26. The summed E-state index contributed by atoms with van der Waals surface area (Å²) in [6.07, 6.45) is 1.30. The highest BCUT2D eigenvalue weighted by Gasteiger charge is 2.18. The first kappa shape index (κ1) is 13.9. The molecule has 4 heteroatoms. The molecule has 0 radical (unpaired) electrons. The predicted molar refractivity (Wildman–Crippen MR) is 73.4 cm³/mol. The van der Waals surface area contributed by atoms with Crippen molar-refractivity contribution >= 4 is 5.97 Å². The first-order valence-corrected chi connectivity index (χ1v) is 6.84. The second-order valence-electron chi connectivity index (χ2n) is 4.78. The van der Waals surface area contributed by atoms with Crippen molar-refractivity contribution in [2.75, 3.05) is 19.7 Å². The Labute approximate surface area is 114 Å². The summed E-state index contributed by atoms with van der Waals surface area (Å²) < 4.78 is 10.9. The maximum atomic E-state index is 11.6. The molecule has 2 rings (SSSR count). The number of rotatable bonds is 5. The lowest BCUT2D eigenvalue weighted by molar-refractivity contribution is -0.144. The van der Waals surface area contributed by atoms with E-state index in [1.165, 1.54) is 0 Å². The fourth-order valence-corrected chi connectivity index (χ4v) is 2.16. The normalized spacial score (nSPS) is 20.0. The highest BCUT2D eigenvalue weighted by molar-refractivity contribution is 5.77. The van der Waals surface area contributed by atoms with Gasteiger partial charge in [-0.3, -0.25) is 4.79 Å². The minimum atomic E-state index is -0.234. The Bertz CT molecular complexity index is 410. The number of nitrogens with one attached hydrogen (secondary N) is 1. The van der Waals surface area contributed by atoms with Crippen LogP contribution in [0.5, 0.6) is 5.75 Å². The molecular weight excluding hydrogens is 242 g/mol. The maximum absolute atomic E-state index is 11.6. The van der Waals surface area contributed by atoms with E-state index in [2.05, 4.69) is 5.32 Å². The summed E-state index contributed by atoms with van der Waals surface area (Å²) >= 11 is 0. The van der Waals surface area contributed by atoms with Gasteiger partial charge in [-0.25, -0.2) is 0 Å². The molecule has 0 aromatic heterocycles. The van der Waals surface area contributed by atoms with Crippen LogP contribution in [-0.4, -0.2) is 31.8 Å². The second kappa shape index (κ2) is 6.57. The molecule has 0 bridgehead atoms. The summed E-state index contributed by atoms with van der Waals surface area (Å²) in [7, 11) is 0. The summed E-state index contributed by atoms with van der Waals surface area (Å²) in [5.41, 5.74) is 0.954. The molecule has 1 N–H and O–H groups in total. The van der Waals surface area contributed by atoms with Crippen molar-refractivity contribution in [1.82, 2.24) is 5.32 Å². The standard InChI is InChI=1S/C15H21NO3/c1-3-18-15(17)11(2)12-4-6-13(7-5-12)19-14-8-9-16-10-14/h4-7,11,14,16H,3,8-10H2,1-2H3. The van der Waals surface area contributed by atoms with Gasteiger partial charge in [0.2, 0.25) is 0 Å². The van der Waals surface area contributed by atoms with E-state index in [-0.39, 0.29) is 18.0 Å². The van der Waals surface area contributed by atoms with Crippen molar-refractivity contribution in [3.8, 4) is 5.75 Å². The average molecular weight is 263 g/mol. The van der Waals surface area contributed by atoms with Crippen LogP contribution in [0.2, 0.25) is 0 Å². The van der Waals surface area contributed by atoms with Crippen LogP contribution in [0.15, 0.2) is 24.3 Å². The third kappa shape index (κ3) is 3.70. The molecule has 1 fully saturated rings. The lowest BCUT2D eigenvalue weighted by Crippen LogP contribution is -2.19. The quantitative estimate of drug-likeness (QED) is 0.826. The van der Waals surface area contributed by atoms with E-state index in [9.17, 15) is 4.79 Å². The van der Waals surface area contributed by atoms with E-state index < -0.39 is 0 Å². The molecule has 2 unspecified atom stereocenters. The molecule has 1 aromatic carbocycles. The van der Waals surface area contributed by atoms with Crippen LogP contribution in [-0.2, 0) is 9.53 Å². The number of esters is 1. The molecule has 0 aliphatic carbocycles. The minimum absolute atomic E-state index is 0.184. The van der Waals surface area contributed by atoms with Crippen LogP contribution in [0.25, 0.3) is 0 Å². The summed E-state index contributed by atoms with van der Waals surface area (Å²) in [4.78, 5) is 11.6. The SMILES string of the molecule is CCOC(=O)C(C)c1ccc(OC2CCNC2)cc1. The lowest BCUT2D eigenvalue weighted by atomic mass is 10.0. The topological polar surface area (TPSA) is 47.6 Å². The Morgan fingerprint density at radius 2 is 2.16 bits per heavy atom. The van der Waals surface area contributed by atoms with Crippen molar-refractivity contribution in [1.29, 1.82) is 0 Å². The zero-order valence-corrected chi connectivity index (χ0v) is 11.5. The highest BCUT2D eigenvalue weighted by Crippen LogP contribution is 2.21. The fraction of sp³-hybridized carbons (Fsp3) is 0.533. The number of benzene rings is 1. The highest BCUT2D eigenvalue weighted by atomic mass is 16.5. The summed E-state index contributed by atoms with van der Waals surface area (Å²) in [6, 6.07) is 7.70. The van der Waals surface area contributed by atoms with Gasteiger partial charge in [-0.15, -0.1) is 0 Å². The van der Waals surface area contributed by atoms with Gasteiger partial charge in [-0.1, -0.05) is 12.1 Å². The molecule has 1 aliphatic rings. The number of ether oxygens (including phenoxy) is 2. The maximum Gasteiger partial charge on any atom is 0.313 e. The molecular formula is C15H21NO3. The van der Waals surface area contributed by atoms with E-state index in [0.717, 1.165) is 30.8 Å². The van der Waals surface area contributed by atoms with E-state index in [0.29, 0.717) is 6.61 Å². The number of carbonyl (C=O) groups excluding carboxylic acids is 1. The van der Waals surface area contributed by atoms with E-state index in [1.54, 1.807) is 0 Å². The van der Waals surface area contributed by atoms with Gasteiger partial charge in [-0.2, -0.15) is 0 Å². The molecule has 0 saturated carbocycles. The molecule has 1 aromatic rings. The Kier molecular flexibility index (Phi) is 4.80. The van der Waals surface area contributed by atoms with Crippen LogP contribution < -0.4 is 10.1 Å². The summed E-state index contributed by atoms with van der Waals surface area (Å²) in [6.45, 7) is 6.01. The Hall–Kier alpha value is -1.55. The molecule has 4 nitrogen and oxygen atoms in total. The lowest BCUT2D eigenvalue weighted by Gasteiger charge is -2.14.